The van der Waals surface area contributed by atoms with Crippen LogP contribution in [0.2, 0.25) is 5.02 Å². The van der Waals surface area contributed by atoms with Crippen molar-refractivity contribution < 1.29 is 4.79 Å². The normalized spacial score (nSPS) is 14.9. The van der Waals surface area contributed by atoms with Crippen LogP contribution in [0.5, 0.6) is 0 Å². The van der Waals surface area contributed by atoms with E-state index in [0.717, 1.165) is 74.5 Å². The summed E-state index contributed by atoms with van der Waals surface area (Å²) >= 11 is 6.32. The fraction of sp³-hybridized carbons (Fsp3) is 0.444. The number of rotatable bonds is 10. The molecule has 0 bridgehead atoms. The van der Waals surface area contributed by atoms with Crippen molar-refractivity contribution in [3.05, 3.63) is 47.5 Å². The highest BCUT2D eigenvalue weighted by atomic mass is 35.5. The summed E-state index contributed by atoms with van der Waals surface area (Å²) in [7, 11) is 6.27. The first kappa shape index (κ1) is 26.3. The van der Waals surface area contributed by atoms with Crippen LogP contribution in [0.15, 0.2) is 42.5 Å². The van der Waals surface area contributed by atoms with E-state index in [1.54, 1.807) is 12.1 Å². The van der Waals surface area contributed by atoms with Crippen molar-refractivity contribution in [3.63, 3.8) is 0 Å². The van der Waals surface area contributed by atoms with Gasteiger partial charge in [-0.3, -0.25) is 4.79 Å². The number of aromatic nitrogens is 2. The quantitative estimate of drug-likeness (QED) is 0.401. The first-order chi connectivity index (χ1) is 17.4. The maximum absolute atomic E-state index is 12.9. The molecule has 0 radical (unpaired) electrons. The first-order valence-corrected chi connectivity index (χ1v) is 12.9. The smallest absolute Gasteiger partial charge is 0.225 e. The van der Waals surface area contributed by atoms with E-state index >= 15 is 0 Å². The molecule has 4 rings (SSSR count). The number of hydrogen-bond acceptors (Lipinski definition) is 7. The van der Waals surface area contributed by atoms with Gasteiger partial charge in [-0.15, -0.1) is 0 Å². The van der Waals surface area contributed by atoms with E-state index < -0.39 is 0 Å². The lowest BCUT2D eigenvalue weighted by Crippen LogP contribution is -2.45. The number of carbonyl (C=O) groups excluding carboxylic acids is 1. The highest BCUT2D eigenvalue weighted by molar-refractivity contribution is 6.31. The minimum Gasteiger partial charge on any atom is -0.369 e. The number of nitrogens with one attached hydrogen (secondary N) is 2. The Morgan fingerprint density at radius 3 is 2.64 bits per heavy atom. The van der Waals surface area contributed by atoms with Crippen LogP contribution in [0.4, 0.5) is 11.5 Å². The highest BCUT2D eigenvalue weighted by Crippen LogP contribution is 2.31. The summed E-state index contributed by atoms with van der Waals surface area (Å²) in [5, 5.41) is 8.07. The summed E-state index contributed by atoms with van der Waals surface area (Å²) in [5.41, 5.74) is 2.22. The molecule has 0 spiro atoms. The molecule has 1 fully saturated rings. The summed E-state index contributed by atoms with van der Waals surface area (Å²) < 4.78 is 0. The Balaban J connectivity index is 1.53. The number of likely N-dealkylation sites (N-methyl/N-ethyl adjacent to an activating group) is 1. The predicted octanol–water partition coefficient (Wildman–Crippen LogP) is 3.89. The van der Waals surface area contributed by atoms with E-state index in [2.05, 4.69) is 46.5 Å². The maximum atomic E-state index is 12.9. The molecule has 1 aliphatic heterocycles. The van der Waals surface area contributed by atoms with Crippen molar-refractivity contribution in [2.75, 3.05) is 77.6 Å². The van der Waals surface area contributed by atoms with Crippen molar-refractivity contribution in [2.24, 2.45) is 0 Å². The van der Waals surface area contributed by atoms with Crippen molar-refractivity contribution in [3.8, 4) is 11.4 Å². The topological polar surface area (TPSA) is 76.6 Å². The van der Waals surface area contributed by atoms with Crippen LogP contribution >= 0.6 is 11.6 Å². The molecule has 2 N–H and O–H groups in total. The Labute approximate surface area is 218 Å². The standard InChI is InChI=1S/C27H36ClN7O/c1-33(2)13-6-12-29-26-21-7-4-5-8-23(21)31-27(32-26)22-10-9-20(28)19-24(22)30-25(36)11-14-35-17-15-34(3)16-18-35/h4-5,7-10,19H,6,11-18H2,1-3H3,(H,30,36)(H,29,31,32). The fourth-order valence-electron chi connectivity index (χ4n) is 4.29. The largest absolute Gasteiger partial charge is 0.369 e. The average Bonchev–Trinajstić information content (AvgIpc) is 2.86. The molecular weight excluding hydrogens is 474 g/mol. The molecule has 3 aromatic rings. The number of benzene rings is 2. The molecule has 2 aromatic carbocycles. The minimum atomic E-state index is -0.0414. The number of carbonyl (C=O) groups is 1. The Morgan fingerprint density at radius 2 is 1.86 bits per heavy atom. The Hall–Kier alpha value is -2.78. The van der Waals surface area contributed by atoms with Gasteiger partial charge in [-0.2, -0.15) is 0 Å². The van der Waals surface area contributed by atoms with Gasteiger partial charge in [0.15, 0.2) is 5.82 Å². The third-order valence-electron chi connectivity index (χ3n) is 6.43. The molecule has 9 heteroatoms. The minimum absolute atomic E-state index is 0.0414. The van der Waals surface area contributed by atoms with Crippen LogP contribution in [-0.4, -0.2) is 97.5 Å². The van der Waals surface area contributed by atoms with Crippen molar-refractivity contribution >= 4 is 39.9 Å². The monoisotopic (exact) mass is 509 g/mol. The zero-order valence-electron chi connectivity index (χ0n) is 21.4. The van der Waals surface area contributed by atoms with Crippen LogP contribution < -0.4 is 10.6 Å². The second kappa shape index (κ2) is 12.5. The zero-order valence-corrected chi connectivity index (χ0v) is 22.2. The number of halogens is 1. The Morgan fingerprint density at radius 1 is 1.08 bits per heavy atom. The van der Waals surface area contributed by atoms with Crippen molar-refractivity contribution in [1.29, 1.82) is 0 Å². The molecule has 1 amide bonds. The van der Waals surface area contributed by atoms with Gasteiger partial charge in [0, 0.05) is 61.7 Å². The summed E-state index contributed by atoms with van der Waals surface area (Å²) in [6.07, 6.45) is 1.42. The third kappa shape index (κ3) is 7.13. The molecule has 0 unspecified atom stereocenters. The zero-order chi connectivity index (χ0) is 25.5. The van der Waals surface area contributed by atoms with Gasteiger partial charge in [0.05, 0.1) is 11.2 Å². The SMILES string of the molecule is CN(C)CCCNc1nc(-c2ccc(Cl)cc2NC(=O)CCN2CCN(C)CC2)nc2ccccc12. The second-order valence-corrected chi connectivity index (χ2v) is 10.1. The van der Waals surface area contributed by atoms with Crippen LogP contribution in [0.25, 0.3) is 22.3 Å². The lowest BCUT2D eigenvalue weighted by molar-refractivity contribution is -0.116. The van der Waals surface area contributed by atoms with Crippen LogP contribution in [0.3, 0.4) is 0 Å². The Bertz CT molecular complexity index is 1180. The van der Waals surface area contributed by atoms with E-state index in [0.29, 0.717) is 23.0 Å². The number of hydrogen-bond donors (Lipinski definition) is 2. The molecule has 1 saturated heterocycles. The van der Waals surface area contributed by atoms with Gasteiger partial charge in [-0.25, -0.2) is 9.97 Å². The van der Waals surface area contributed by atoms with Gasteiger partial charge in [0.1, 0.15) is 5.82 Å². The molecule has 0 atom stereocenters. The first-order valence-electron chi connectivity index (χ1n) is 12.5. The highest BCUT2D eigenvalue weighted by Gasteiger charge is 2.17. The van der Waals surface area contributed by atoms with Crippen LogP contribution in [0.1, 0.15) is 12.8 Å². The van der Waals surface area contributed by atoms with Gasteiger partial charge in [0.2, 0.25) is 5.91 Å². The van der Waals surface area contributed by atoms with Gasteiger partial charge >= 0.3 is 0 Å². The molecule has 1 aromatic heterocycles. The molecule has 0 aliphatic carbocycles. The molecule has 36 heavy (non-hydrogen) atoms. The number of anilines is 2. The van der Waals surface area contributed by atoms with Crippen molar-refractivity contribution in [2.45, 2.75) is 12.8 Å². The number of amides is 1. The lowest BCUT2D eigenvalue weighted by Gasteiger charge is -2.32. The van der Waals surface area contributed by atoms with Crippen LogP contribution in [-0.2, 0) is 4.79 Å². The van der Waals surface area contributed by atoms with E-state index in [9.17, 15) is 4.79 Å². The molecule has 192 valence electrons. The lowest BCUT2D eigenvalue weighted by atomic mass is 10.1. The van der Waals surface area contributed by atoms with Crippen molar-refractivity contribution in [1.82, 2.24) is 24.7 Å². The molecular formula is C27H36ClN7O. The van der Waals surface area contributed by atoms with E-state index in [4.69, 9.17) is 21.6 Å². The number of nitrogens with zero attached hydrogens (tertiary/aromatic N) is 5. The fourth-order valence-corrected chi connectivity index (χ4v) is 4.46. The molecule has 8 nitrogen and oxygen atoms in total. The molecule has 1 aliphatic rings. The van der Waals surface area contributed by atoms with E-state index in [1.807, 2.05) is 30.3 Å². The molecule has 2 heterocycles. The predicted molar refractivity (Wildman–Crippen MR) is 149 cm³/mol. The number of piperazine rings is 1. The maximum Gasteiger partial charge on any atom is 0.225 e. The Kier molecular flexibility index (Phi) is 9.09. The third-order valence-corrected chi connectivity index (χ3v) is 6.66. The van der Waals surface area contributed by atoms with Gasteiger partial charge in [0.25, 0.3) is 0 Å². The number of fused-ring (bicyclic) bond motifs is 1. The second-order valence-electron chi connectivity index (χ2n) is 9.63. The van der Waals surface area contributed by atoms with E-state index in [-0.39, 0.29) is 5.91 Å². The summed E-state index contributed by atoms with van der Waals surface area (Å²) in [6, 6.07) is 13.4. The average molecular weight is 510 g/mol. The van der Waals surface area contributed by atoms with Crippen LogP contribution in [0, 0.1) is 0 Å². The number of para-hydroxylation sites is 1. The van der Waals surface area contributed by atoms with Gasteiger partial charge in [-0.1, -0.05) is 23.7 Å². The summed E-state index contributed by atoms with van der Waals surface area (Å²) in [4.78, 5) is 29.4. The summed E-state index contributed by atoms with van der Waals surface area (Å²) in [6.45, 7) is 6.57. The van der Waals surface area contributed by atoms with Gasteiger partial charge in [-0.05, 0) is 64.4 Å². The van der Waals surface area contributed by atoms with Gasteiger partial charge < -0.3 is 25.3 Å². The van der Waals surface area contributed by atoms with E-state index in [1.165, 1.54) is 0 Å². The summed E-state index contributed by atoms with van der Waals surface area (Å²) in [5.74, 6) is 1.30. The molecule has 0 saturated carbocycles.